The molecule has 0 aliphatic heterocycles. The van der Waals surface area contributed by atoms with E-state index in [-0.39, 0.29) is 30.0 Å². The molecule has 1 aromatic carbocycles. The van der Waals surface area contributed by atoms with Crippen molar-refractivity contribution in [2.75, 3.05) is 6.54 Å². The highest BCUT2D eigenvalue weighted by Gasteiger charge is 2.26. The van der Waals surface area contributed by atoms with Crippen molar-refractivity contribution in [3.8, 4) is 0 Å². The first-order valence-electron chi connectivity index (χ1n) is 7.18. The first kappa shape index (κ1) is 21.2. The molecule has 0 saturated carbocycles. The van der Waals surface area contributed by atoms with Gasteiger partial charge in [0.15, 0.2) is 0 Å². The van der Waals surface area contributed by atoms with E-state index in [1.54, 1.807) is 6.07 Å². The topological polar surface area (TPSA) is 55.1 Å². The van der Waals surface area contributed by atoms with Gasteiger partial charge in [0.2, 0.25) is 5.91 Å². The Morgan fingerprint density at radius 2 is 2.05 bits per heavy atom. The number of rotatable bonds is 6. The summed E-state index contributed by atoms with van der Waals surface area (Å²) >= 11 is 6.09. The molecule has 0 fully saturated rings. The van der Waals surface area contributed by atoms with Crippen LogP contribution in [0.3, 0.4) is 0 Å². The van der Waals surface area contributed by atoms with Crippen molar-refractivity contribution in [1.29, 1.82) is 0 Å². The van der Waals surface area contributed by atoms with Crippen LogP contribution in [0.2, 0.25) is 5.02 Å². The summed E-state index contributed by atoms with van der Waals surface area (Å²) in [6.45, 7) is 8.23. The Hall–Kier alpha value is -0.840. The van der Waals surface area contributed by atoms with E-state index in [0.29, 0.717) is 11.6 Å². The standard InChI is InChI=1S/C16H24ClFN2O.ClH/c1-5-10(2)14(19)15(21)20-9-16(3,4)12-7-6-11(18)8-13(12)17;/h6-8,10,14H,5,9,19H2,1-4H3,(H,20,21);1H. The Morgan fingerprint density at radius 3 is 2.55 bits per heavy atom. The van der Waals surface area contributed by atoms with Gasteiger partial charge in [-0.05, 0) is 23.6 Å². The zero-order chi connectivity index (χ0) is 16.2. The molecule has 0 heterocycles. The average Bonchev–Trinajstić information content (AvgIpc) is 2.42. The maximum Gasteiger partial charge on any atom is 0.237 e. The van der Waals surface area contributed by atoms with Crippen LogP contribution in [0.25, 0.3) is 0 Å². The predicted molar refractivity (Wildman–Crippen MR) is 92.1 cm³/mol. The van der Waals surface area contributed by atoms with Gasteiger partial charge in [-0.1, -0.05) is 51.8 Å². The van der Waals surface area contributed by atoms with E-state index in [1.165, 1.54) is 12.1 Å². The van der Waals surface area contributed by atoms with E-state index in [4.69, 9.17) is 17.3 Å². The van der Waals surface area contributed by atoms with Crippen molar-refractivity contribution < 1.29 is 9.18 Å². The van der Waals surface area contributed by atoms with Crippen LogP contribution in [0.15, 0.2) is 18.2 Å². The number of carbonyl (C=O) groups excluding carboxylic acids is 1. The summed E-state index contributed by atoms with van der Waals surface area (Å²) in [6, 6.07) is 3.79. The second-order valence-corrected chi connectivity index (χ2v) is 6.54. The number of amides is 1. The summed E-state index contributed by atoms with van der Waals surface area (Å²) in [4.78, 5) is 12.0. The fourth-order valence-corrected chi connectivity index (χ4v) is 2.49. The lowest BCUT2D eigenvalue weighted by Gasteiger charge is -2.28. The molecule has 0 aromatic heterocycles. The lowest BCUT2D eigenvalue weighted by atomic mass is 9.84. The van der Waals surface area contributed by atoms with Gasteiger partial charge >= 0.3 is 0 Å². The lowest BCUT2D eigenvalue weighted by Crippen LogP contribution is -2.48. The van der Waals surface area contributed by atoms with E-state index in [2.05, 4.69) is 5.32 Å². The summed E-state index contributed by atoms with van der Waals surface area (Å²) in [5.74, 6) is -0.416. The van der Waals surface area contributed by atoms with Gasteiger partial charge in [0, 0.05) is 17.0 Å². The summed E-state index contributed by atoms with van der Waals surface area (Å²) in [6.07, 6.45) is 0.849. The summed E-state index contributed by atoms with van der Waals surface area (Å²) < 4.78 is 13.1. The SMILES string of the molecule is CCC(C)C(N)C(=O)NCC(C)(C)c1ccc(F)cc1Cl.Cl. The van der Waals surface area contributed by atoms with E-state index >= 15 is 0 Å². The van der Waals surface area contributed by atoms with E-state index in [0.717, 1.165) is 12.0 Å². The molecule has 126 valence electrons. The molecular formula is C16H25Cl2FN2O. The molecule has 6 heteroatoms. The second kappa shape index (κ2) is 8.70. The highest BCUT2D eigenvalue weighted by molar-refractivity contribution is 6.31. The molecule has 3 nitrogen and oxygen atoms in total. The number of halogens is 3. The minimum Gasteiger partial charge on any atom is -0.354 e. The zero-order valence-electron chi connectivity index (χ0n) is 13.5. The van der Waals surface area contributed by atoms with Gasteiger partial charge in [-0.15, -0.1) is 12.4 Å². The quantitative estimate of drug-likeness (QED) is 0.822. The zero-order valence-corrected chi connectivity index (χ0v) is 15.0. The van der Waals surface area contributed by atoms with Crippen LogP contribution in [0.1, 0.15) is 39.7 Å². The molecule has 22 heavy (non-hydrogen) atoms. The summed E-state index contributed by atoms with van der Waals surface area (Å²) in [7, 11) is 0. The van der Waals surface area contributed by atoms with Crippen LogP contribution >= 0.6 is 24.0 Å². The lowest BCUT2D eigenvalue weighted by molar-refractivity contribution is -0.123. The Morgan fingerprint density at radius 1 is 1.45 bits per heavy atom. The van der Waals surface area contributed by atoms with E-state index in [9.17, 15) is 9.18 Å². The van der Waals surface area contributed by atoms with Gasteiger partial charge in [-0.25, -0.2) is 4.39 Å². The molecule has 3 N–H and O–H groups in total. The minimum absolute atomic E-state index is 0. The van der Waals surface area contributed by atoms with Gasteiger partial charge in [0.05, 0.1) is 6.04 Å². The van der Waals surface area contributed by atoms with E-state index < -0.39 is 11.5 Å². The van der Waals surface area contributed by atoms with Crippen LogP contribution in [0, 0.1) is 11.7 Å². The van der Waals surface area contributed by atoms with Crippen LogP contribution in [0.5, 0.6) is 0 Å². The number of nitrogens with two attached hydrogens (primary N) is 1. The minimum atomic E-state index is -0.519. The Kier molecular flexibility index (Phi) is 8.37. The molecule has 0 bridgehead atoms. The smallest absolute Gasteiger partial charge is 0.237 e. The van der Waals surface area contributed by atoms with Crippen molar-refractivity contribution in [1.82, 2.24) is 5.32 Å². The third kappa shape index (κ3) is 5.41. The maximum absolute atomic E-state index is 13.1. The first-order chi connectivity index (χ1) is 9.69. The van der Waals surface area contributed by atoms with Gasteiger partial charge in [-0.3, -0.25) is 4.79 Å². The Labute approximate surface area is 143 Å². The van der Waals surface area contributed by atoms with Crippen molar-refractivity contribution in [2.24, 2.45) is 11.7 Å². The second-order valence-electron chi connectivity index (χ2n) is 6.14. The molecule has 0 spiro atoms. The highest BCUT2D eigenvalue weighted by atomic mass is 35.5. The fraction of sp³-hybridized carbons (Fsp3) is 0.562. The third-order valence-corrected chi connectivity index (χ3v) is 4.24. The first-order valence-corrected chi connectivity index (χ1v) is 7.55. The Bertz CT molecular complexity index is 509. The van der Waals surface area contributed by atoms with Crippen LogP contribution in [0.4, 0.5) is 4.39 Å². The van der Waals surface area contributed by atoms with Gasteiger partial charge < -0.3 is 11.1 Å². The van der Waals surface area contributed by atoms with E-state index in [1.807, 2.05) is 27.7 Å². The summed E-state index contributed by atoms with van der Waals surface area (Å²) in [5, 5.41) is 3.22. The van der Waals surface area contributed by atoms with Crippen LogP contribution < -0.4 is 11.1 Å². The molecule has 1 amide bonds. The van der Waals surface area contributed by atoms with Gasteiger partial charge in [0.1, 0.15) is 5.82 Å². The molecule has 2 atom stereocenters. The molecule has 0 saturated heterocycles. The molecule has 1 aromatic rings. The molecule has 1 rings (SSSR count). The van der Waals surface area contributed by atoms with Crippen molar-refractivity contribution in [3.05, 3.63) is 34.6 Å². The van der Waals surface area contributed by atoms with Crippen molar-refractivity contribution >= 4 is 29.9 Å². The average molecular weight is 351 g/mol. The largest absolute Gasteiger partial charge is 0.354 e. The molecule has 2 unspecified atom stereocenters. The van der Waals surface area contributed by atoms with Gasteiger partial charge in [-0.2, -0.15) is 0 Å². The summed E-state index contributed by atoms with van der Waals surface area (Å²) in [5.41, 5.74) is 6.29. The molecule has 0 aliphatic rings. The molecule has 0 aliphatic carbocycles. The van der Waals surface area contributed by atoms with Crippen molar-refractivity contribution in [2.45, 2.75) is 45.6 Å². The normalized spacial score (nSPS) is 14.0. The van der Waals surface area contributed by atoms with Crippen molar-refractivity contribution in [3.63, 3.8) is 0 Å². The number of nitrogens with one attached hydrogen (secondary N) is 1. The van der Waals surface area contributed by atoms with Crippen LogP contribution in [-0.2, 0) is 10.2 Å². The third-order valence-electron chi connectivity index (χ3n) is 3.92. The number of hydrogen-bond acceptors (Lipinski definition) is 2. The number of hydrogen-bond donors (Lipinski definition) is 2. The predicted octanol–water partition coefficient (Wildman–Crippen LogP) is 3.67. The molecule has 0 radical (unpaired) electrons. The Balaban J connectivity index is 0.00000441. The fourth-order valence-electron chi connectivity index (χ4n) is 2.07. The number of benzene rings is 1. The van der Waals surface area contributed by atoms with Crippen LogP contribution in [-0.4, -0.2) is 18.5 Å². The maximum atomic E-state index is 13.1. The highest BCUT2D eigenvalue weighted by Crippen LogP contribution is 2.29. The number of carbonyl (C=O) groups is 1. The molecular weight excluding hydrogens is 326 g/mol. The van der Waals surface area contributed by atoms with Gasteiger partial charge in [0.25, 0.3) is 0 Å². The monoisotopic (exact) mass is 350 g/mol.